The zero-order chi connectivity index (χ0) is 11.2. The molecule has 80 valence electrons. The molecule has 2 aromatic heterocycles. The number of rotatable bonds is 2. The molecule has 0 aliphatic carbocycles. The molecule has 2 heterocycles. The Kier molecular flexibility index (Phi) is 3.08. The summed E-state index contributed by atoms with van der Waals surface area (Å²) >= 11 is 0. The molecule has 0 spiro atoms. The maximum atomic E-state index is 11.5. The highest BCUT2D eigenvalue weighted by molar-refractivity contribution is 5.98. The number of carbonyl (C=O) groups is 1. The van der Waals surface area contributed by atoms with Crippen LogP contribution in [-0.4, -0.2) is 16.0 Å². The molecular weight excluding hydrogens is 204 g/mol. The van der Waals surface area contributed by atoms with Gasteiger partial charge < -0.3 is 0 Å². The number of amides is 2. The third-order valence-corrected chi connectivity index (χ3v) is 1.81. The van der Waals surface area contributed by atoms with Crippen molar-refractivity contribution in [2.75, 3.05) is 10.6 Å². The first-order valence-corrected chi connectivity index (χ1v) is 4.75. The van der Waals surface area contributed by atoms with E-state index in [4.69, 9.17) is 0 Å². The number of pyridine rings is 2. The van der Waals surface area contributed by atoms with Gasteiger partial charge in [0.05, 0.1) is 0 Å². The summed E-state index contributed by atoms with van der Waals surface area (Å²) in [6.45, 7) is 0. The second-order valence-corrected chi connectivity index (χ2v) is 3.01. The van der Waals surface area contributed by atoms with Crippen molar-refractivity contribution in [2.45, 2.75) is 0 Å². The van der Waals surface area contributed by atoms with Crippen LogP contribution in [0.5, 0.6) is 0 Å². The van der Waals surface area contributed by atoms with Gasteiger partial charge in [-0.1, -0.05) is 12.1 Å². The summed E-state index contributed by atoms with van der Waals surface area (Å²) in [4.78, 5) is 19.4. The summed E-state index contributed by atoms with van der Waals surface area (Å²) in [7, 11) is 0. The summed E-state index contributed by atoms with van der Waals surface area (Å²) in [6, 6.07) is 10.2. The lowest BCUT2D eigenvalue weighted by atomic mass is 10.4. The van der Waals surface area contributed by atoms with E-state index in [1.807, 2.05) is 0 Å². The molecule has 0 saturated heterocycles. The zero-order valence-corrected chi connectivity index (χ0v) is 8.42. The minimum Gasteiger partial charge on any atom is -0.292 e. The summed E-state index contributed by atoms with van der Waals surface area (Å²) in [5, 5.41) is 5.18. The molecule has 0 radical (unpaired) electrons. The molecule has 0 atom stereocenters. The van der Waals surface area contributed by atoms with Crippen molar-refractivity contribution in [3.63, 3.8) is 0 Å². The quantitative estimate of drug-likeness (QED) is 0.804. The van der Waals surface area contributed by atoms with Crippen LogP contribution in [0.1, 0.15) is 0 Å². The Hall–Kier alpha value is -2.43. The summed E-state index contributed by atoms with van der Waals surface area (Å²) in [5.74, 6) is 0.992. The Bertz CT molecular complexity index is 414. The zero-order valence-electron chi connectivity index (χ0n) is 8.42. The molecule has 0 saturated carbocycles. The van der Waals surface area contributed by atoms with Gasteiger partial charge in [0.2, 0.25) is 0 Å². The fourth-order valence-corrected chi connectivity index (χ4v) is 1.14. The Morgan fingerprint density at radius 1 is 0.875 bits per heavy atom. The topological polar surface area (TPSA) is 66.9 Å². The number of aromatic nitrogens is 2. The van der Waals surface area contributed by atoms with Crippen LogP contribution in [0.25, 0.3) is 0 Å². The normalized spacial score (nSPS) is 9.50. The summed E-state index contributed by atoms with van der Waals surface area (Å²) < 4.78 is 0. The number of carbonyl (C=O) groups excluding carboxylic acids is 1. The van der Waals surface area contributed by atoms with Crippen molar-refractivity contribution >= 4 is 17.7 Å². The first-order valence-electron chi connectivity index (χ1n) is 4.75. The molecule has 2 N–H and O–H groups in total. The number of urea groups is 1. The van der Waals surface area contributed by atoms with E-state index in [9.17, 15) is 4.79 Å². The Labute approximate surface area is 92.6 Å². The van der Waals surface area contributed by atoms with E-state index >= 15 is 0 Å². The van der Waals surface area contributed by atoms with Crippen molar-refractivity contribution in [1.29, 1.82) is 0 Å². The third kappa shape index (κ3) is 2.78. The minimum absolute atomic E-state index is 0.364. The van der Waals surface area contributed by atoms with E-state index in [0.717, 1.165) is 0 Å². The third-order valence-electron chi connectivity index (χ3n) is 1.81. The molecule has 0 unspecified atom stereocenters. The number of nitrogens with one attached hydrogen (secondary N) is 2. The van der Waals surface area contributed by atoms with Gasteiger partial charge in [-0.2, -0.15) is 0 Å². The number of hydrogen-bond donors (Lipinski definition) is 2. The van der Waals surface area contributed by atoms with Crippen molar-refractivity contribution < 1.29 is 4.79 Å². The van der Waals surface area contributed by atoms with Crippen molar-refractivity contribution in [3.05, 3.63) is 48.8 Å². The lowest BCUT2D eigenvalue weighted by molar-refractivity contribution is 0.262. The summed E-state index contributed by atoms with van der Waals surface area (Å²) in [5.41, 5.74) is 0. The van der Waals surface area contributed by atoms with Gasteiger partial charge in [0.25, 0.3) is 0 Å². The largest absolute Gasteiger partial charge is 0.326 e. The minimum atomic E-state index is -0.364. The van der Waals surface area contributed by atoms with Crippen molar-refractivity contribution in [3.8, 4) is 0 Å². The van der Waals surface area contributed by atoms with Crippen molar-refractivity contribution in [2.24, 2.45) is 0 Å². The molecule has 2 rings (SSSR count). The number of anilines is 2. The average molecular weight is 214 g/mol. The van der Waals surface area contributed by atoms with Crippen LogP contribution in [-0.2, 0) is 0 Å². The molecule has 2 amide bonds. The molecule has 5 heteroatoms. The van der Waals surface area contributed by atoms with Gasteiger partial charge in [-0.3, -0.25) is 10.6 Å². The van der Waals surface area contributed by atoms with E-state index in [1.54, 1.807) is 48.8 Å². The predicted molar refractivity (Wildman–Crippen MR) is 61.1 cm³/mol. The Morgan fingerprint density at radius 2 is 1.38 bits per heavy atom. The van der Waals surface area contributed by atoms with Gasteiger partial charge in [0.15, 0.2) is 0 Å². The molecule has 0 aliphatic heterocycles. The number of nitrogens with zero attached hydrogens (tertiary/aromatic N) is 2. The van der Waals surface area contributed by atoms with Gasteiger partial charge in [-0.05, 0) is 24.3 Å². The van der Waals surface area contributed by atoms with Crippen LogP contribution in [0.15, 0.2) is 48.8 Å². The van der Waals surface area contributed by atoms with E-state index in [-0.39, 0.29) is 6.03 Å². The SMILES string of the molecule is O=C(Nc1ccccn1)Nc1ccccn1. The van der Waals surface area contributed by atoms with Gasteiger partial charge in [-0.15, -0.1) is 0 Å². The molecule has 0 aliphatic rings. The first kappa shape index (κ1) is 10.1. The molecule has 2 aromatic rings. The highest BCUT2D eigenvalue weighted by Gasteiger charge is 2.02. The number of hydrogen-bond acceptors (Lipinski definition) is 3. The Balaban J connectivity index is 1.95. The molecular formula is C11H10N4O. The van der Waals surface area contributed by atoms with E-state index < -0.39 is 0 Å². The second kappa shape index (κ2) is 4.88. The molecule has 0 fully saturated rings. The molecule has 5 nitrogen and oxygen atoms in total. The van der Waals surface area contributed by atoms with Crippen LogP contribution >= 0.6 is 0 Å². The molecule has 16 heavy (non-hydrogen) atoms. The maximum Gasteiger partial charge on any atom is 0.326 e. The molecule has 0 aromatic carbocycles. The lowest BCUT2D eigenvalue weighted by Crippen LogP contribution is -2.20. The van der Waals surface area contributed by atoms with Crippen LogP contribution in [0, 0.1) is 0 Å². The first-order chi connectivity index (χ1) is 7.84. The monoisotopic (exact) mass is 214 g/mol. The average Bonchev–Trinajstić information content (AvgIpc) is 2.31. The van der Waals surface area contributed by atoms with Crippen LogP contribution in [0.4, 0.5) is 16.4 Å². The highest BCUT2D eigenvalue weighted by Crippen LogP contribution is 2.03. The van der Waals surface area contributed by atoms with Gasteiger partial charge in [0, 0.05) is 12.4 Å². The standard InChI is InChI=1S/C11H10N4O/c16-11(14-9-5-1-3-7-12-9)15-10-6-2-4-8-13-10/h1-8H,(H2,12,13,14,15,16). The van der Waals surface area contributed by atoms with Gasteiger partial charge in [-0.25, -0.2) is 14.8 Å². The van der Waals surface area contributed by atoms with Crippen LogP contribution < -0.4 is 10.6 Å². The fourth-order valence-electron chi connectivity index (χ4n) is 1.14. The smallest absolute Gasteiger partial charge is 0.292 e. The van der Waals surface area contributed by atoms with Crippen LogP contribution in [0.3, 0.4) is 0 Å². The van der Waals surface area contributed by atoms with Gasteiger partial charge in [0.1, 0.15) is 11.6 Å². The highest BCUT2D eigenvalue weighted by atomic mass is 16.2. The molecule has 0 bridgehead atoms. The van der Waals surface area contributed by atoms with Crippen molar-refractivity contribution in [1.82, 2.24) is 9.97 Å². The summed E-state index contributed by atoms with van der Waals surface area (Å²) in [6.07, 6.45) is 3.22. The fraction of sp³-hybridized carbons (Fsp3) is 0. The van der Waals surface area contributed by atoms with Gasteiger partial charge >= 0.3 is 6.03 Å². The Morgan fingerprint density at radius 3 is 1.75 bits per heavy atom. The van der Waals surface area contributed by atoms with Crippen LogP contribution in [0.2, 0.25) is 0 Å². The lowest BCUT2D eigenvalue weighted by Gasteiger charge is -2.05. The predicted octanol–water partition coefficient (Wildman–Crippen LogP) is 2.12. The van der Waals surface area contributed by atoms with E-state index in [2.05, 4.69) is 20.6 Å². The maximum absolute atomic E-state index is 11.5. The van der Waals surface area contributed by atoms with E-state index in [0.29, 0.717) is 11.6 Å². The van der Waals surface area contributed by atoms with E-state index in [1.165, 1.54) is 0 Å². The second-order valence-electron chi connectivity index (χ2n) is 3.01.